The van der Waals surface area contributed by atoms with E-state index >= 15 is 0 Å². The molecule has 0 radical (unpaired) electrons. The summed E-state index contributed by atoms with van der Waals surface area (Å²) in [5.41, 5.74) is 0. The Morgan fingerprint density at radius 3 is 2.33 bits per heavy atom. The second-order valence-electron chi connectivity index (χ2n) is 3.80. The van der Waals surface area contributed by atoms with Gasteiger partial charge in [-0.25, -0.2) is 0 Å². The molecule has 0 heterocycles. The van der Waals surface area contributed by atoms with Gasteiger partial charge in [-0.15, -0.1) is 0 Å². The quantitative estimate of drug-likeness (QED) is 0.647. The Kier molecular flexibility index (Phi) is 4.02. The predicted molar refractivity (Wildman–Crippen MR) is 53.4 cm³/mol. The summed E-state index contributed by atoms with van der Waals surface area (Å²) in [6.45, 7) is 11.5. The van der Waals surface area contributed by atoms with Crippen LogP contribution in [0.25, 0.3) is 0 Å². The van der Waals surface area contributed by atoms with E-state index in [1.54, 1.807) is 0 Å². The molecular formula is C10H22N2. The summed E-state index contributed by atoms with van der Waals surface area (Å²) in [5, 5.41) is 3.56. The van der Waals surface area contributed by atoms with Gasteiger partial charge in [0.05, 0.1) is 0 Å². The molecule has 1 saturated carbocycles. The van der Waals surface area contributed by atoms with Crippen LogP contribution in [0.15, 0.2) is 0 Å². The SMILES string of the molecule is CCN(CC)CCNC1CC1C. The molecule has 1 aliphatic rings. The molecule has 0 aliphatic heterocycles. The number of likely N-dealkylation sites (N-methyl/N-ethyl adjacent to an activating group) is 1. The number of nitrogens with zero attached hydrogens (tertiary/aromatic N) is 1. The van der Waals surface area contributed by atoms with Crippen molar-refractivity contribution in [2.45, 2.75) is 33.2 Å². The van der Waals surface area contributed by atoms with Gasteiger partial charge in [0.2, 0.25) is 0 Å². The molecule has 2 atom stereocenters. The van der Waals surface area contributed by atoms with Gasteiger partial charge >= 0.3 is 0 Å². The predicted octanol–water partition coefficient (Wildman–Crippen LogP) is 1.33. The topological polar surface area (TPSA) is 15.3 Å². The van der Waals surface area contributed by atoms with E-state index in [0.717, 1.165) is 18.5 Å². The third kappa shape index (κ3) is 3.11. The first-order valence-electron chi connectivity index (χ1n) is 5.23. The van der Waals surface area contributed by atoms with Gasteiger partial charge in [0.25, 0.3) is 0 Å². The molecule has 1 N–H and O–H groups in total. The molecule has 2 unspecified atom stereocenters. The lowest BCUT2D eigenvalue weighted by Crippen LogP contribution is -2.33. The normalized spacial score (nSPS) is 28.0. The minimum absolute atomic E-state index is 0.834. The smallest absolute Gasteiger partial charge is 0.0107 e. The molecule has 0 aromatic carbocycles. The highest BCUT2D eigenvalue weighted by Crippen LogP contribution is 2.28. The first kappa shape index (κ1) is 10.0. The monoisotopic (exact) mass is 170 g/mol. The second kappa shape index (κ2) is 4.83. The van der Waals surface area contributed by atoms with Crippen molar-refractivity contribution in [1.82, 2.24) is 10.2 Å². The highest BCUT2D eigenvalue weighted by molar-refractivity contribution is 4.89. The van der Waals surface area contributed by atoms with Crippen LogP contribution in [0.4, 0.5) is 0 Å². The van der Waals surface area contributed by atoms with Crippen LogP contribution in [-0.2, 0) is 0 Å². The first-order valence-corrected chi connectivity index (χ1v) is 5.23. The molecule has 0 spiro atoms. The van der Waals surface area contributed by atoms with Gasteiger partial charge in [0.15, 0.2) is 0 Å². The van der Waals surface area contributed by atoms with E-state index in [1.807, 2.05) is 0 Å². The molecule has 1 aliphatic carbocycles. The molecule has 0 bridgehead atoms. The molecule has 1 fully saturated rings. The highest BCUT2D eigenvalue weighted by Gasteiger charge is 2.31. The Balaban J connectivity index is 1.93. The zero-order valence-corrected chi connectivity index (χ0v) is 8.64. The lowest BCUT2D eigenvalue weighted by atomic mass is 10.4. The lowest BCUT2D eigenvalue weighted by molar-refractivity contribution is 0.301. The molecule has 12 heavy (non-hydrogen) atoms. The molecule has 0 aromatic rings. The van der Waals surface area contributed by atoms with E-state index < -0.39 is 0 Å². The fraction of sp³-hybridized carbons (Fsp3) is 1.00. The van der Waals surface area contributed by atoms with Crippen LogP contribution in [-0.4, -0.2) is 37.1 Å². The van der Waals surface area contributed by atoms with Crippen molar-refractivity contribution in [2.75, 3.05) is 26.2 Å². The lowest BCUT2D eigenvalue weighted by Gasteiger charge is -2.17. The fourth-order valence-corrected chi connectivity index (χ4v) is 1.55. The Hall–Kier alpha value is -0.0800. The highest BCUT2D eigenvalue weighted by atomic mass is 15.1. The third-order valence-electron chi connectivity index (χ3n) is 2.84. The third-order valence-corrected chi connectivity index (χ3v) is 2.84. The Morgan fingerprint density at radius 2 is 1.92 bits per heavy atom. The zero-order chi connectivity index (χ0) is 8.97. The summed E-state index contributed by atoms with van der Waals surface area (Å²) in [7, 11) is 0. The van der Waals surface area contributed by atoms with Crippen LogP contribution in [0.3, 0.4) is 0 Å². The molecule has 0 amide bonds. The van der Waals surface area contributed by atoms with Crippen molar-refractivity contribution >= 4 is 0 Å². The maximum absolute atomic E-state index is 3.56. The number of hydrogen-bond acceptors (Lipinski definition) is 2. The molecule has 1 rings (SSSR count). The summed E-state index contributed by atoms with van der Waals surface area (Å²) < 4.78 is 0. The standard InChI is InChI=1S/C10H22N2/c1-4-12(5-2)7-6-11-10-8-9(10)3/h9-11H,4-8H2,1-3H3. The molecule has 0 saturated heterocycles. The maximum Gasteiger partial charge on any atom is 0.0107 e. The largest absolute Gasteiger partial charge is 0.312 e. The van der Waals surface area contributed by atoms with Gasteiger partial charge in [0.1, 0.15) is 0 Å². The van der Waals surface area contributed by atoms with Crippen molar-refractivity contribution in [2.24, 2.45) is 5.92 Å². The number of hydrogen-bond donors (Lipinski definition) is 1. The van der Waals surface area contributed by atoms with Gasteiger partial charge in [-0.05, 0) is 25.4 Å². The number of nitrogens with one attached hydrogen (secondary N) is 1. The van der Waals surface area contributed by atoms with Crippen LogP contribution in [0.5, 0.6) is 0 Å². The maximum atomic E-state index is 3.56. The van der Waals surface area contributed by atoms with Gasteiger partial charge in [0, 0.05) is 19.1 Å². The van der Waals surface area contributed by atoms with Crippen molar-refractivity contribution in [1.29, 1.82) is 0 Å². The van der Waals surface area contributed by atoms with Crippen LogP contribution >= 0.6 is 0 Å². The summed E-state index contributed by atoms with van der Waals surface area (Å²) in [6, 6.07) is 0.834. The van der Waals surface area contributed by atoms with Crippen LogP contribution in [0.2, 0.25) is 0 Å². The van der Waals surface area contributed by atoms with Crippen molar-refractivity contribution < 1.29 is 0 Å². The van der Waals surface area contributed by atoms with E-state index in [4.69, 9.17) is 0 Å². The van der Waals surface area contributed by atoms with Crippen molar-refractivity contribution in [3.63, 3.8) is 0 Å². The Labute approximate surface area is 76.3 Å². The van der Waals surface area contributed by atoms with Gasteiger partial charge in [-0.2, -0.15) is 0 Å². The zero-order valence-electron chi connectivity index (χ0n) is 8.64. The summed E-state index contributed by atoms with van der Waals surface area (Å²) >= 11 is 0. The van der Waals surface area contributed by atoms with Crippen molar-refractivity contribution in [3.8, 4) is 0 Å². The van der Waals surface area contributed by atoms with E-state index in [-0.39, 0.29) is 0 Å². The summed E-state index contributed by atoms with van der Waals surface area (Å²) in [5.74, 6) is 0.932. The molecule has 2 nitrogen and oxygen atoms in total. The minimum Gasteiger partial charge on any atom is -0.312 e. The van der Waals surface area contributed by atoms with E-state index in [1.165, 1.54) is 26.1 Å². The molecule has 0 aromatic heterocycles. The average Bonchev–Trinajstić information content (AvgIpc) is 2.76. The molecule has 2 heteroatoms. The van der Waals surface area contributed by atoms with Gasteiger partial charge in [-0.1, -0.05) is 20.8 Å². The fourth-order valence-electron chi connectivity index (χ4n) is 1.55. The van der Waals surface area contributed by atoms with E-state index in [2.05, 4.69) is 31.0 Å². The molecule has 72 valence electrons. The van der Waals surface area contributed by atoms with Gasteiger partial charge in [-0.3, -0.25) is 0 Å². The Morgan fingerprint density at radius 1 is 1.33 bits per heavy atom. The average molecular weight is 170 g/mol. The number of rotatable bonds is 6. The van der Waals surface area contributed by atoms with E-state index in [0.29, 0.717) is 0 Å². The van der Waals surface area contributed by atoms with Crippen molar-refractivity contribution in [3.05, 3.63) is 0 Å². The van der Waals surface area contributed by atoms with Crippen LogP contribution in [0.1, 0.15) is 27.2 Å². The van der Waals surface area contributed by atoms with Crippen LogP contribution < -0.4 is 5.32 Å². The second-order valence-corrected chi connectivity index (χ2v) is 3.80. The van der Waals surface area contributed by atoms with Gasteiger partial charge < -0.3 is 10.2 Å². The van der Waals surface area contributed by atoms with Crippen LogP contribution in [0, 0.1) is 5.92 Å². The van der Waals surface area contributed by atoms with E-state index in [9.17, 15) is 0 Å². The summed E-state index contributed by atoms with van der Waals surface area (Å²) in [6.07, 6.45) is 1.39. The molecular weight excluding hydrogens is 148 g/mol. The minimum atomic E-state index is 0.834. The summed E-state index contributed by atoms with van der Waals surface area (Å²) in [4.78, 5) is 2.46. The first-order chi connectivity index (χ1) is 5.77. The Bertz CT molecular complexity index is 121.